The Kier molecular flexibility index (Phi) is 7.91. The summed E-state index contributed by atoms with van der Waals surface area (Å²) in [5, 5.41) is 2.89. The molecule has 0 aromatic heterocycles. The molecule has 2 rings (SSSR count). The third kappa shape index (κ3) is 5.98. The van der Waals surface area contributed by atoms with Gasteiger partial charge in [-0.25, -0.2) is 0 Å². The number of anilines is 1. The van der Waals surface area contributed by atoms with Crippen LogP contribution in [0.25, 0.3) is 0 Å². The summed E-state index contributed by atoms with van der Waals surface area (Å²) in [6.07, 6.45) is 0. The molecule has 0 saturated heterocycles. The molecule has 2 aromatic carbocycles. The van der Waals surface area contributed by atoms with E-state index in [0.717, 1.165) is 15.8 Å². The van der Waals surface area contributed by atoms with Crippen molar-refractivity contribution < 1.29 is 13.2 Å². The van der Waals surface area contributed by atoms with Gasteiger partial charge >= 0.3 is 10.2 Å². The van der Waals surface area contributed by atoms with Gasteiger partial charge in [-0.2, -0.15) is 24.5 Å². The highest BCUT2D eigenvalue weighted by Gasteiger charge is 2.20. The van der Waals surface area contributed by atoms with E-state index >= 15 is 0 Å². The second kappa shape index (κ2) is 9.95. The van der Waals surface area contributed by atoms with Crippen LogP contribution in [0.5, 0.6) is 0 Å². The summed E-state index contributed by atoms with van der Waals surface area (Å²) in [6.45, 7) is 2.64. The van der Waals surface area contributed by atoms with E-state index in [1.165, 1.54) is 36.6 Å². The summed E-state index contributed by atoms with van der Waals surface area (Å²) < 4.78 is 26.6. The number of thioether (sulfide) groups is 1. The van der Waals surface area contributed by atoms with Crippen molar-refractivity contribution in [2.45, 2.75) is 12.7 Å². The molecule has 0 bridgehead atoms. The minimum Gasteiger partial charge on any atom is -0.351 e. The number of nitrogens with zero attached hydrogens (tertiary/aromatic N) is 2. The van der Waals surface area contributed by atoms with Crippen molar-refractivity contribution in [3.8, 4) is 0 Å². The molecule has 0 saturated carbocycles. The predicted octanol–water partition coefficient (Wildman–Crippen LogP) is 2.90. The molecule has 1 N–H and O–H groups in total. The summed E-state index contributed by atoms with van der Waals surface area (Å²) in [4.78, 5) is 12.2. The number of rotatable bonds is 9. The summed E-state index contributed by atoms with van der Waals surface area (Å²) >= 11 is 1.77. The summed E-state index contributed by atoms with van der Waals surface area (Å²) in [5.41, 5.74) is 3.52. The summed E-state index contributed by atoms with van der Waals surface area (Å²) in [6, 6.07) is 15.0. The molecule has 1 amide bonds. The minimum absolute atomic E-state index is 0.166. The first-order valence-corrected chi connectivity index (χ1v) is 11.4. The van der Waals surface area contributed by atoms with E-state index in [9.17, 15) is 13.2 Å². The number of hydrogen-bond acceptors (Lipinski definition) is 4. The SMILES string of the molecule is Cc1ccc(CSCCNC(=O)c2ccc(N(C)S(=O)(=O)N(C)C)cc2)cc1. The van der Waals surface area contributed by atoms with Gasteiger partial charge in [0.05, 0.1) is 5.69 Å². The van der Waals surface area contributed by atoms with E-state index in [4.69, 9.17) is 0 Å². The molecule has 0 atom stereocenters. The van der Waals surface area contributed by atoms with Crippen LogP contribution in [0, 0.1) is 6.92 Å². The molecule has 0 aliphatic carbocycles. The van der Waals surface area contributed by atoms with Crippen LogP contribution in [0.3, 0.4) is 0 Å². The molecule has 8 heteroatoms. The van der Waals surface area contributed by atoms with E-state index in [1.807, 2.05) is 0 Å². The minimum atomic E-state index is -3.55. The highest BCUT2D eigenvalue weighted by molar-refractivity contribution is 7.98. The molecule has 28 heavy (non-hydrogen) atoms. The second-order valence-corrected chi connectivity index (χ2v) is 9.88. The molecule has 0 fully saturated rings. The molecule has 152 valence electrons. The van der Waals surface area contributed by atoms with Gasteiger partial charge in [0.25, 0.3) is 5.91 Å². The van der Waals surface area contributed by atoms with Crippen LogP contribution in [0.4, 0.5) is 5.69 Å². The van der Waals surface area contributed by atoms with Gasteiger partial charge < -0.3 is 5.32 Å². The lowest BCUT2D eigenvalue weighted by molar-refractivity contribution is 0.0956. The highest BCUT2D eigenvalue weighted by Crippen LogP contribution is 2.18. The normalized spacial score (nSPS) is 11.5. The molecular formula is C20H27N3O3S2. The lowest BCUT2D eigenvalue weighted by Crippen LogP contribution is -2.37. The van der Waals surface area contributed by atoms with E-state index in [-0.39, 0.29) is 5.91 Å². The molecule has 6 nitrogen and oxygen atoms in total. The van der Waals surface area contributed by atoms with Gasteiger partial charge in [-0.05, 0) is 36.8 Å². The first-order chi connectivity index (χ1) is 13.2. The molecule has 0 heterocycles. The van der Waals surface area contributed by atoms with Gasteiger partial charge in [-0.3, -0.25) is 9.10 Å². The largest absolute Gasteiger partial charge is 0.351 e. The van der Waals surface area contributed by atoms with Gasteiger partial charge in [0, 0.05) is 44.8 Å². The van der Waals surface area contributed by atoms with Crippen LogP contribution in [0.2, 0.25) is 0 Å². The number of benzene rings is 2. The first kappa shape index (κ1) is 22.3. The zero-order chi connectivity index (χ0) is 20.7. The number of amides is 1. The summed E-state index contributed by atoms with van der Waals surface area (Å²) in [7, 11) is 0.890. The maximum absolute atomic E-state index is 12.2. The number of carbonyl (C=O) groups is 1. The Balaban J connectivity index is 1.80. The maximum atomic E-state index is 12.2. The van der Waals surface area contributed by atoms with E-state index in [1.54, 1.807) is 36.0 Å². The Morgan fingerprint density at radius 2 is 1.61 bits per heavy atom. The second-order valence-electron chi connectivity index (χ2n) is 6.60. The lowest BCUT2D eigenvalue weighted by Gasteiger charge is -2.23. The number of carbonyl (C=O) groups excluding carboxylic acids is 1. The van der Waals surface area contributed by atoms with Crippen LogP contribution < -0.4 is 9.62 Å². The Hall–Kier alpha value is -2.03. The average molecular weight is 422 g/mol. The van der Waals surface area contributed by atoms with Crippen molar-refractivity contribution in [1.82, 2.24) is 9.62 Å². The van der Waals surface area contributed by atoms with E-state index in [0.29, 0.717) is 17.8 Å². The predicted molar refractivity (Wildman–Crippen MR) is 117 cm³/mol. The molecule has 0 aliphatic heterocycles. The Bertz CT molecular complexity index is 880. The smallest absolute Gasteiger partial charge is 0.303 e. The Labute approximate surface area is 172 Å². The van der Waals surface area contributed by atoms with Crippen LogP contribution in [0.15, 0.2) is 48.5 Å². The maximum Gasteiger partial charge on any atom is 0.303 e. The highest BCUT2D eigenvalue weighted by atomic mass is 32.2. The number of nitrogens with one attached hydrogen (secondary N) is 1. The molecule has 2 aromatic rings. The zero-order valence-corrected chi connectivity index (χ0v) is 18.3. The van der Waals surface area contributed by atoms with Crippen molar-refractivity contribution in [2.24, 2.45) is 0 Å². The molecule has 0 unspecified atom stereocenters. The topological polar surface area (TPSA) is 69.7 Å². The summed E-state index contributed by atoms with van der Waals surface area (Å²) in [5.74, 6) is 1.57. The van der Waals surface area contributed by atoms with Crippen molar-refractivity contribution >= 4 is 33.6 Å². The monoisotopic (exact) mass is 421 g/mol. The molecule has 0 spiro atoms. The quantitative estimate of drug-likeness (QED) is 0.632. The third-order valence-corrected chi connectivity index (χ3v) is 7.08. The first-order valence-electron chi connectivity index (χ1n) is 8.90. The molecule has 0 aliphatic rings. The number of aryl methyl sites for hydroxylation is 1. The fraction of sp³-hybridized carbons (Fsp3) is 0.350. The lowest BCUT2D eigenvalue weighted by atomic mass is 10.2. The van der Waals surface area contributed by atoms with Crippen molar-refractivity contribution in [3.05, 3.63) is 65.2 Å². The van der Waals surface area contributed by atoms with Crippen LogP contribution in [-0.4, -0.2) is 52.1 Å². The van der Waals surface area contributed by atoms with E-state index in [2.05, 4.69) is 36.5 Å². The fourth-order valence-corrected chi connectivity index (χ4v) is 4.11. The van der Waals surface area contributed by atoms with Crippen molar-refractivity contribution in [3.63, 3.8) is 0 Å². The van der Waals surface area contributed by atoms with Gasteiger partial charge in [0.2, 0.25) is 0 Å². The van der Waals surface area contributed by atoms with Gasteiger partial charge in [-0.1, -0.05) is 29.8 Å². The van der Waals surface area contributed by atoms with Crippen LogP contribution in [-0.2, 0) is 16.0 Å². The average Bonchev–Trinajstić information content (AvgIpc) is 2.68. The van der Waals surface area contributed by atoms with Crippen LogP contribution in [0.1, 0.15) is 21.5 Å². The number of hydrogen-bond donors (Lipinski definition) is 1. The zero-order valence-electron chi connectivity index (χ0n) is 16.7. The molecule has 0 radical (unpaired) electrons. The van der Waals surface area contributed by atoms with Crippen molar-refractivity contribution in [2.75, 3.05) is 37.7 Å². The van der Waals surface area contributed by atoms with Gasteiger partial charge in [0.1, 0.15) is 0 Å². The third-order valence-electron chi connectivity index (χ3n) is 4.22. The van der Waals surface area contributed by atoms with E-state index < -0.39 is 10.2 Å². The van der Waals surface area contributed by atoms with Gasteiger partial charge in [-0.15, -0.1) is 0 Å². The standard InChI is InChI=1S/C20H27N3O3S2/c1-16-5-7-17(8-6-16)15-27-14-13-21-20(24)18-9-11-19(12-10-18)23(4)28(25,26)22(2)3/h5-12H,13-15H2,1-4H3,(H,21,24). The Morgan fingerprint density at radius 3 is 2.18 bits per heavy atom. The molecular weight excluding hydrogens is 394 g/mol. The van der Waals surface area contributed by atoms with Crippen molar-refractivity contribution in [1.29, 1.82) is 0 Å². The Morgan fingerprint density at radius 1 is 1.00 bits per heavy atom. The fourth-order valence-electron chi connectivity index (χ4n) is 2.41. The van der Waals surface area contributed by atoms with Crippen LogP contribution >= 0.6 is 11.8 Å². The van der Waals surface area contributed by atoms with Gasteiger partial charge in [0.15, 0.2) is 0 Å².